The zero-order valence-electron chi connectivity index (χ0n) is 11.8. The van der Waals surface area contributed by atoms with Crippen LogP contribution >= 0.6 is 11.8 Å². The molecule has 4 nitrogen and oxygen atoms in total. The molecule has 5 heteroatoms. The number of thioether (sulfide) groups is 1. The first kappa shape index (κ1) is 15.6. The Morgan fingerprint density at radius 1 is 1.47 bits per heavy atom. The SMILES string of the molecule is COc1ccc(C(C)=O)cc1CSC(N)=NC(C)C. The zero-order chi connectivity index (χ0) is 14.4. The van der Waals surface area contributed by atoms with Gasteiger partial charge in [0.05, 0.1) is 7.11 Å². The minimum absolute atomic E-state index is 0.0396. The Bertz CT molecular complexity index is 484. The quantitative estimate of drug-likeness (QED) is 0.512. The van der Waals surface area contributed by atoms with Crippen molar-refractivity contribution in [1.82, 2.24) is 0 Å². The van der Waals surface area contributed by atoms with Crippen molar-refractivity contribution in [2.75, 3.05) is 7.11 Å². The van der Waals surface area contributed by atoms with E-state index in [0.29, 0.717) is 16.5 Å². The summed E-state index contributed by atoms with van der Waals surface area (Å²) < 4.78 is 5.29. The number of ether oxygens (including phenoxy) is 1. The molecule has 0 fully saturated rings. The Kier molecular flexibility index (Phi) is 5.89. The number of nitrogens with zero attached hydrogens (tertiary/aromatic N) is 1. The highest BCUT2D eigenvalue weighted by Gasteiger charge is 2.08. The van der Waals surface area contributed by atoms with Gasteiger partial charge in [-0.05, 0) is 39.0 Å². The minimum atomic E-state index is 0.0396. The van der Waals surface area contributed by atoms with E-state index in [-0.39, 0.29) is 11.8 Å². The second-order valence-corrected chi connectivity index (χ2v) is 5.43. The number of hydrogen-bond acceptors (Lipinski definition) is 4. The summed E-state index contributed by atoms with van der Waals surface area (Å²) in [6, 6.07) is 5.60. The first-order valence-corrected chi connectivity index (χ1v) is 7.06. The number of hydrogen-bond donors (Lipinski definition) is 1. The number of benzene rings is 1. The van der Waals surface area contributed by atoms with Crippen LogP contribution in [0.3, 0.4) is 0 Å². The van der Waals surface area contributed by atoms with E-state index in [9.17, 15) is 4.79 Å². The third-order valence-corrected chi connectivity index (χ3v) is 3.30. The lowest BCUT2D eigenvalue weighted by molar-refractivity contribution is 0.101. The largest absolute Gasteiger partial charge is 0.496 e. The molecule has 2 N–H and O–H groups in total. The predicted molar refractivity (Wildman–Crippen MR) is 81.1 cm³/mol. The van der Waals surface area contributed by atoms with Gasteiger partial charge in [0.2, 0.25) is 0 Å². The summed E-state index contributed by atoms with van der Waals surface area (Å²) in [6.07, 6.45) is 0. The van der Waals surface area contributed by atoms with Crippen LogP contribution in [-0.4, -0.2) is 24.1 Å². The van der Waals surface area contributed by atoms with E-state index >= 15 is 0 Å². The molecule has 0 saturated heterocycles. The summed E-state index contributed by atoms with van der Waals surface area (Å²) in [6.45, 7) is 5.50. The summed E-state index contributed by atoms with van der Waals surface area (Å²) in [5.74, 6) is 1.43. The van der Waals surface area contributed by atoms with Gasteiger partial charge in [0, 0.05) is 22.9 Å². The lowest BCUT2D eigenvalue weighted by atomic mass is 10.1. The van der Waals surface area contributed by atoms with Crippen LogP contribution in [0.15, 0.2) is 23.2 Å². The van der Waals surface area contributed by atoms with Gasteiger partial charge < -0.3 is 10.5 Å². The number of amidine groups is 1. The maximum absolute atomic E-state index is 11.4. The lowest BCUT2D eigenvalue weighted by Crippen LogP contribution is -2.10. The number of carbonyl (C=O) groups is 1. The Morgan fingerprint density at radius 3 is 2.68 bits per heavy atom. The van der Waals surface area contributed by atoms with Gasteiger partial charge in [0.1, 0.15) is 5.75 Å². The monoisotopic (exact) mass is 280 g/mol. The van der Waals surface area contributed by atoms with Crippen LogP contribution in [0.4, 0.5) is 0 Å². The topological polar surface area (TPSA) is 64.7 Å². The normalized spacial score (nSPS) is 11.7. The van der Waals surface area contributed by atoms with Gasteiger partial charge in [0.25, 0.3) is 0 Å². The van der Waals surface area contributed by atoms with Crippen LogP contribution in [0.5, 0.6) is 5.75 Å². The summed E-state index contributed by atoms with van der Waals surface area (Å²) in [4.78, 5) is 15.6. The van der Waals surface area contributed by atoms with E-state index in [1.165, 1.54) is 11.8 Å². The maximum Gasteiger partial charge on any atom is 0.159 e. The van der Waals surface area contributed by atoms with E-state index in [1.807, 2.05) is 26.0 Å². The van der Waals surface area contributed by atoms with Crippen molar-refractivity contribution < 1.29 is 9.53 Å². The molecule has 0 unspecified atom stereocenters. The van der Waals surface area contributed by atoms with Gasteiger partial charge in [0.15, 0.2) is 11.0 Å². The average Bonchev–Trinajstić information content (AvgIpc) is 2.35. The smallest absolute Gasteiger partial charge is 0.159 e. The molecule has 0 heterocycles. The van der Waals surface area contributed by atoms with E-state index < -0.39 is 0 Å². The van der Waals surface area contributed by atoms with Gasteiger partial charge >= 0.3 is 0 Å². The fourth-order valence-electron chi connectivity index (χ4n) is 1.55. The first-order valence-electron chi connectivity index (χ1n) is 6.08. The second kappa shape index (κ2) is 7.19. The van der Waals surface area contributed by atoms with Crippen molar-refractivity contribution in [3.63, 3.8) is 0 Å². The van der Waals surface area contributed by atoms with Gasteiger partial charge in [-0.25, -0.2) is 0 Å². The van der Waals surface area contributed by atoms with Crippen LogP contribution in [0.2, 0.25) is 0 Å². The van der Waals surface area contributed by atoms with E-state index in [0.717, 1.165) is 11.3 Å². The molecule has 0 aromatic heterocycles. The number of carbonyl (C=O) groups excluding carboxylic acids is 1. The van der Waals surface area contributed by atoms with E-state index in [4.69, 9.17) is 10.5 Å². The Balaban J connectivity index is 2.86. The molecule has 0 aliphatic heterocycles. The van der Waals surface area contributed by atoms with E-state index in [2.05, 4.69) is 4.99 Å². The van der Waals surface area contributed by atoms with Gasteiger partial charge in [-0.2, -0.15) is 0 Å². The second-order valence-electron chi connectivity index (χ2n) is 4.43. The maximum atomic E-state index is 11.4. The van der Waals surface area contributed by atoms with Crippen LogP contribution in [-0.2, 0) is 5.75 Å². The molecule has 0 radical (unpaired) electrons. The summed E-state index contributed by atoms with van der Waals surface area (Å²) in [7, 11) is 1.61. The molecule has 0 saturated carbocycles. The number of Topliss-reactive ketones (excluding diaryl/α,β-unsaturated/α-hetero) is 1. The van der Waals surface area contributed by atoms with E-state index in [1.54, 1.807) is 20.1 Å². The van der Waals surface area contributed by atoms with Crippen LogP contribution in [0, 0.1) is 0 Å². The van der Waals surface area contributed by atoms with Crippen LogP contribution in [0.25, 0.3) is 0 Å². The first-order chi connectivity index (χ1) is 8.93. The Hall–Kier alpha value is -1.49. The molecule has 104 valence electrons. The fourth-order valence-corrected chi connectivity index (χ4v) is 2.37. The Morgan fingerprint density at radius 2 is 2.16 bits per heavy atom. The van der Waals surface area contributed by atoms with Crippen molar-refractivity contribution in [2.45, 2.75) is 32.6 Å². The standard InChI is InChI=1S/C14H20N2O2S/c1-9(2)16-14(15)19-8-12-7-11(10(3)17)5-6-13(12)18-4/h5-7,9H,8H2,1-4H3,(H2,15,16). The third kappa shape index (κ3) is 4.95. The summed E-state index contributed by atoms with van der Waals surface area (Å²) in [5, 5.41) is 0.547. The van der Waals surface area contributed by atoms with Crippen molar-refractivity contribution in [2.24, 2.45) is 10.7 Å². The molecule has 1 aromatic rings. The molecule has 0 aliphatic carbocycles. The number of rotatable bonds is 5. The number of nitrogens with two attached hydrogens (primary N) is 1. The highest BCUT2D eigenvalue weighted by molar-refractivity contribution is 8.13. The molecule has 0 spiro atoms. The van der Waals surface area contributed by atoms with Gasteiger partial charge in [-0.1, -0.05) is 11.8 Å². The molecule has 19 heavy (non-hydrogen) atoms. The lowest BCUT2D eigenvalue weighted by Gasteiger charge is -2.10. The highest BCUT2D eigenvalue weighted by atomic mass is 32.2. The number of ketones is 1. The van der Waals surface area contributed by atoms with Crippen molar-refractivity contribution in [3.8, 4) is 5.75 Å². The Labute approximate surface area is 118 Å². The van der Waals surface area contributed by atoms with Crippen molar-refractivity contribution >= 4 is 22.7 Å². The van der Waals surface area contributed by atoms with Gasteiger partial charge in [-0.3, -0.25) is 9.79 Å². The molecule has 1 aromatic carbocycles. The minimum Gasteiger partial charge on any atom is -0.496 e. The van der Waals surface area contributed by atoms with Crippen LogP contribution < -0.4 is 10.5 Å². The summed E-state index contributed by atoms with van der Waals surface area (Å²) in [5.41, 5.74) is 7.44. The fraction of sp³-hybridized carbons (Fsp3) is 0.429. The number of aliphatic imine (C=N–C) groups is 1. The predicted octanol–water partition coefficient (Wildman–Crippen LogP) is 2.85. The third-order valence-electron chi connectivity index (χ3n) is 2.45. The highest BCUT2D eigenvalue weighted by Crippen LogP contribution is 2.25. The molecule has 0 bridgehead atoms. The molecule has 0 aliphatic rings. The zero-order valence-corrected chi connectivity index (χ0v) is 12.6. The number of methoxy groups -OCH3 is 1. The average molecular weight is 280 g/mol. The molecule has 0 amide bonds. The molecular formula is C14H20N2O2S. The van der Waals surface area contributed by atoms with Gasteiger partial charge in [-0.15, -0.1) is 0 Å². The van der Waals surface area contributed by atoms with Crippen molar-refractivity contribution in [3.05, 3.63) is 29.3 Å². The molecule has 0 atom stereocenters. The molecular weight excluding hydrogens is 260 g/mol. The van der Waals surface area contributed by atoms with Crippen molar-refractivity contribution in [1.29, 1.82) is 0 Å². The molecule has 1 rings (SSSR count). The van der Waals surface area contributed by atoms with Crippen LogP contribution in [0.1, 0.15) is 36.7 Å². The summed E-state index contributed by atoms with van der Waals surface area (Å²) >= 11 is 1.44.